The Morgan fingerprint density at radius 1 is 1.10 bits per heavy atom. The van der Waals surface area contributed by atoms with Gasteiger partial charge in [0.25, 0.3) is 0 Å². The lowest BCUT2D eigenvalue weighted by atomic mass is 10.1. The molecule has 0 aromatic heterocycles. The summed E-state index contributed by atoms with van der Waals surface area (Å²) < 4.78 is 13.5. The molecule has 2 rings (SSSR count). The maximum atomic E-state index is 13.5. The van der Waals surface area contributed by atoms with Gasteiger partial charge in [-0.1, -0.05) is 18.2 Å². The predicted octanol–water partition coefficient (Wildman–Crippen LogP) is 0.953. The van der Waals surface area contributed by atoms with E-state index in [1.807, 2.05) is 6.07 Å². The molecule has 1 fully saturated rings. The van der Waals surface area contributed by atoms with Crippen LogP contribution in [-0.4, -0.2) is 47.8 Å². The number of hydrogen-bond donors (Lipinski definition) is 0. The molecule has 1 aromatic rings. The van der Waals surface area contributed by atoms with Crippen molar-refractivity contribution in [2.45, 2.75) is 12.8 Å². The number of nitrogens with zero attached hydrogens (tertiary/aromatic N) is 3. The van der Waals surface area contributed by atoms with E-state index in [-0.39, 0.29) is 30.5 Å². The van der Waals surface area contributed by atoms with E-state index >= 15 is 0 Å². The molecule has 2 amide bonds. The first-order chi connectivity index (χ1) is 10.1. The zero-order valence-corrected chi connectivity index (χ0v) is 11.6. The largest absolute Gasteiger partial charge is 0.339 e. The van der Waals surface area contributed by atoms with Crippen LogP contribution in [0.1, 0.15) is 12.0 Å². The molecule has 0 saturated carbocycles. The van der Waals surface area contributed by atoms with E-state index in [2.05, 4.69) is 0 Å². The first kappa shape index (κ1) is 15.0. The standard InChI is InChI=1S/C15H16FN3O2/c16-13-4-2-1-3-12(13)11-15(21)19-9-7-18(8-10-19)14(20)5-6-17/h1-4H,5,7-11H2. The summed E-state index contributed by atoms with van der Waals surface area (Å²) in [5.74, 6) is -0.736. The third kappa shape index (κ3) is 3.78. The zero-order chi connectivity index (χ0) is 15.2. The molecule has 0 spiro atoms. The topological polar surface area (TPSA) is 64.4 Å². The molecule has 5 nitrogen and oxygen atoms in total. The predicted molar refractivity (Wildman–Crippen MR) is 73.5 cm³/mol. The molecule has 21 heavy (non-hydrogen) atoms. The molecule has 0 unspecified atom stereocenters. The second-order valence-corrected chi connectivity index (χ2v) is 4.86. The van der Waals surface area contributed by atoms with Gasteiger partial charge in [-0.15, -0.1) is 0 Å². The molecule has 0 N–H and O–H groups in total. The van der Waals surface area contributed by atoms with Gasteiger partial charge >= 0.3 is 0 Å². The van der Waals surface area contributed by atoms with Crippen molar-refractivity contribution in [1.82, 2.24) is 9.80 Å². The molecule has 1 aliphatic heterocycles. The number of nitriles is 1. The molecule has 1 aliphatic rings. The summed E-state index contributed by atoms with van der Waals surface area (Å²) in [6, 6.07) is 8.04. The number of rotatable bonds is 3. The van der Waals surface area contributed by atoms with Crippen LogP contribution < -0.4 is 0 Å². The molecule has 0 atom stereocenters. The van der Waals surface area contributed by atoms with E-state index in [0.717, 1.165) is 0 Å². The molecule has 1 aromatic carbocycles. The second kappa shape index (κ2) is 6.84. The van der Waals surface area contributed by atoms with Crippen molar-refractivity contribution in [3.05, 3.63) is 35.6 Å². The minimum Gasteiger partial charge on any atom is -0.339 e. The first-order valence-corrected chi connectivity index (χ1v) is 6.77. The summed E-state index contributed by atoms with van der Waals surface area (Å²) in [5, 5.41) is 8.50. The van der Waals surface area contributed by atoms with Gasteiger partial charge in [0.05, 0.1) is 12.5 Å². The monoisotopic (exact) mass is 289 g/mol. The fourth-order valence-corrected chi connectivity index (χ4v) is 2.30. The van der Waals surface area contributed by atoms with Crippen molar-refractivity contribution in [3.8, 4) is 6.07 Å². The van der Waals surface area contributed by atoms with E-state index in [4.69, 9.17) is 5.26 Å². The highest BCUT2D eigenvalue weighted by Gasteiger charge is 2.24. The molecule has 6 heteroatoms. The number of carbonyl (C=O) groups excluding carboxylic acids is 2. The Kier molecular flexibility index (Phi) is 4.88. The van der Waals surface area contributed by atoms with Crippen LogP contribution in [0.3, 0.4) is 0 Å². The Morgan fingerprint density at radius 3 is 2.24 bits per heavy atom. The number of hydrogen-bond acceptors (Lipinski definition) is 3. The minimum absolute atomic E-state index is 0.0266. The maximum Gasteiger partial charge on any atom is 0.236 e. The quantitative estimate of drug-likeness (QED) is 0.832. The number of carbonyl (C=O) groups is 2. The maximum absolute atomic E-state index is 13.5. The fourth-order valence-electron chi connectivity index (χ4n) is 2.30. The molecule has 0 bridgehead atoms. The van der Waals surface area contributed by atoms with Gasteiger partial charge in [0, 0.05) is 26.2 Å². The molecule has 0 radical (unpaired) electrons. The Morgan fingerprint density at radius 2 is 1.67 bits per heavy atom. The second-order valence-electron chi connectivity index (χ2n) is 4.86. The van der Waals surface area contributed by atoms with Crippen LogP contribution >= 0.6 is 0 Å². The average Bonchev–Trinajstić information content (AvgIpc) is 2.50. The smallest absolute Gasteiger partial charge is 0.236 e. The van der Waals surface area contributed by atoms with Gasteiger partial charge in [0.1, 0.15) is 12.2 Å². The fraction of sp³-hybridized carbons (Fsp3) is 0.400. The zero-order valence-electron chi connectivity index (χ0n) is 11.6. The van der Waals surface area contributed by atoms with E-state index in [1.54, 1.807) is 28.0 Å². The van der Waals surface area contributed by atoms with E-state index in [9.17, 15) is 14.0 Å². The van der Waals surface area contributed by atoms with Crippen molar-refractivity contribution in [2.24, 2.45) is 0 Å². The summed E-state index contributed by atoms with van der Waals surface area (Å²) in [7, 11) is 0. The Balaban J connectivity index is 1.88. The van der Waals surface area contributed by atoms with Crippen LogP contribution in [0.2, 0.25) is 0 Å². The van der Waals surface area contributed by atoms with Gasteiger partial charge in [-0.3, -0.25) is 9.59 Å². The molecule has 0 aliphatic carbocycles. The van der Waals surface area contributed by atoms with Gasteiger partial charge in [0.2, 0.25) is 11.8 Å². The number of halogens is 1. The van der Waals surface area contributed by atoms with Crippen LogP contribution in [0.4, 0.5) is 4.39 Å². The van der Waals surface area contributed by atoms with E-state index in [1.165, 1.54) is 6.07 Å². The molecular weight excluding hydrogens is 273 g/mol. The molecular formula is C15H16FN3O2. The summed E-state index contributed by atoms with van der Waals surface area (Å²) in [4.78, 5) is 26.9. The van der Waals surface area contributed by atoms with Crippen LogP contribution in [0.25, 0.3) is 0 Å². The summed E-state index contributed by atoms with van der Waals surface area (Å²) in [5.41, 5.74) is 0.380. The highest BCUT2D eigenvalue weighted by atomic mass is 19.1. The number of piperazine rings is 1. The van der Waals surface area contributed by atoms with Crippen LogP contribution in [0.15, 0.2) is 24.3 Å². The molecule has 1 saturated heterocycles. The van der Waals surface area contributed by atoms with Gasteiger partial charge < -0.3 is 9.80 Å². The first-order valence-electron chi connectivity index (χ1n) is 6.77. The average molecular weight is 289 g/mol. The Labute approximate surface area is 122 Å². The lowest BCUT2D eigenvalue weighted by molar-refractivity contribution is -0.138. The Bertz CT molecular complexity index is 575. The lowest BCUT2D eigenvalue weighted by Gasteiger charge is -2.34. The van der Waals surface area contributed by atoms with Gasteiger partial charge in [0.15, 0.2) is 0 Å². The van der Waals surface area contributed by atoms with E-state index in [0.29, 0.717) is 31.7 Å². The van der Waals surface area contributed by atoms with Crippen molar-refractivity contribution in [1.29, 1.82) is 5.26 Å². The van der Waals surface area contributed by atoms with Crippen molar-refractivity contribution >= 4 is 11.8 Å². The SMILES string of the molecule is N#CCC(=O)N1CCN(C(=O)Cc2ccccc2F)CC1. The number of benzene rings is 1. The summed E-state index contributed by atoms with van der Waals surface area (Å²) in [6.07, 6.45) is -0.109. The summed E-state index contributed by atoms with van der Waals surface area (Å²) >= 11 is 0. The number of amides is 2. The molecule has 110 valence electrons. The van der Waals surface area contributed by atoms with Crippen LogP contribution in [0, 0.1) is 17.1 Å². The Hall–Kier alpha value is -2.42. The van der Waals surface area contributed by atoms with Crippen molar-refractivity contribution in [2.75, 3.05) is 26.2 Å². The van der Waals surface area contributed by atoms with Crippen LogP contribution in [0.5, 0.6) is 0 Å². The van der Waals surface area contributed by atoms with Crippen LogP contribution in [-0.2, 0) is 16.0 Å². The minimum atomic E-state index is -0.381. The third-order valence-corrected chi connectivity index (χ3v) is 3.51. The van der Waals surface area contributed by atoms with Crippen molar-refractivity contribution in [3.63, 3.8) is 0 Å². The van der Waals surface area contributed by atoms with E-state index < -0.39 is 0 Å². The van der Waals surface area contributed by atoms with Gasteiger partial charge in [-0.25, -0.2) is 4.39 Å². The van der Waals surface area contributed by atoms with Gasteiger partial charge in [-0.05, 0) is 11.6 Å². The highest BCUT2D eigenvalue weighted by molar-refractivity contribution is 5.80. The molecule has 1 heterocycles. The highest BCUT2D eigenvalue weighted by Crippen LogP contribution is 2.11. The summed E-state index contributed by atoms with van der Waals surface area (Å²) in [6.45, 7) is 1.68. The third-order valence-electron chi connectivity index (χ3n) is 3.51. The lowest BCUT2D eigenvalue weighted by Crippen LogP contribution is -2.50. The normalized spacial score (nSPS) is 14.7. The van der Waals surface area contributed by atoms with Gasteiger partial charge in [-0.2, -0.15) is 5.26 Å². The van der Waals surface area contributed by atoms with Crippen molar-refractivity contribution < 1.29 is 14.0 Å².